The lowest BCUT2D eigenvalue weighted by atomic mass is 10.2. The number of halogens is 1. The first-order valence-electron chi connectivity index (χ1n) is 9.37. The third-order valence-corrected chi connectivity index (χ3v) is 5.22. The van der Waals surface area contributed by atoms with Gasteiger partial charge in [0.25, 0.3) is 0 Å². The highest BCUT2D eigenvalue weighted by Gasteiger charge is 2.20. The summed E-state index contributed by atoms with van der Waals surface area (Å²) in [6.45, 7) is 2.86. The van der Waals surface area contributed by atoms with Gasteiger partial charge in [-0.15, -0.1) is 0 Å². The van der Waals surface area contributed by atoms with E-state index in [9.17, 15) is 17.6 Å². The normalized spacial score (nSPS) is 12.8. The summed E-state index contributed by atoms with van der Waals surface area (Å²) >= 11 is 0. The second-order valence-corrected chi connectivity index (χ2v) is 8.10. The van der Waals surface area contributed by atoms with E-state index in [4.69, 9.17) is 19.1 Å². The third kappa shape index (κ3) is 4.57. The van der Waals surface area contributed by atoms with Crippen molar-refractivity contribution >= 4 is 32.8 Å². The standard InChI is InChI=1S/C19H17FN4O8S/c1-9(32-33(27,28)29)7-30-15-6-24-17(10(15)2)18(21-8-22-24)31-14-4-3-12-11(16(14)20)5-13(23-12)19(25)26/h3-6,8-9,23H,7H2,1-2H3,(H,25,26)(H,27,28,29)/t9-/m1/s1. The summed E-state index contributed by atoms with van der Waals surface area (Å²) in [6.07, 6.45) is 1.71. The van der Waals surface area contributed by atoms with Crippen LogP contribution in [0.3, 0.4) is 0 Å². The Balaban J connectivity index is 1.64. The number of aryl methyl sites for hydroxylation is 1. The number of nitrogens with one attached hydrogen (secondary N) is 1. The van der Waals surface area contributed by atoms with Gasteiger partial charge in [0.1, 0.15) is 36.0 Å². The maximum Gasteiger partial charge on any atom is 0.397 e. The number of rotatable bonds is 8. The van der Waals surface area contributed by atoms with E-state index in [0.717, 1.165) is 0 Å². The second-order valence-electron chi connectivity index (χ2n) is 7.05. The number of ether oxygens (including phenoxy) is 2. The summed E-state index contributed by atoms with van der Waals surface area (Å²) in [5, 5.41) is 13.2. The first-order valence-corrected chi connectivity index (χ1v) is 10.7. The van der Waals surface area contributed by atoms with Gasteiger partial charge in [0, 0.05) is 16.5 Å². The largest absolute Gasteiger partial charge is 0.489 e. The van der Waals surface area contributed by atoms with Crippen molar-refractivity contribution < 1.29 is 40.9 Å². The van der Waals surface area contributed by atoms with Crippen molar-refractivity contribution in [3.8, 4) is 17.4 Å². The summed E-state index contributed by atoms with van der Waals surface area (Å²) in [5.74, 6) is -1.87. The minimum atomic E-state index is -4.62. The van der Waals surface area contributed by atoms with E-state index in [0.29, 0.717) is 22.3 Å². The summed E-state index contributed by atoms with van der Waals surface area (Å²) in [5.41, 5.74) is 0.999. The lowest BCUT2D eigenvalue weighted by molar-refractivity contribution is 0.0691. The first-order chi connectivity index (χ1) is 15.5. The molecule has 33 heavy (non-hydrogen) atoms. The number of hydrogen-bond acceptors (Lipinski definition) is 8. The van der Waals surface area contributed by atoms with E-state index in [1.54, 1.807) is 6.92 Å². The van der Waals surface area contributed by atoms with Gasteiger partial charge >= 0.3 is 16.4 Å². The molecule has 0 aliphatic heterocycles. The van der Waals surface area contributed by atoms with Gasteiger partial charge in [-0.25, -0.2) is 17.9 Å². The predicted octanol–water partition coefficient (Wildman–Crippen LogP) is 2.74. The Bertz CT molecular complexity index is 1480. The molecule has 3 heterocycles. The monoisotopic (exact) mass is 480 g/mol. The quantitative estimate of drug-likeness (QED) is 0.319. The Labute approximate surface area is 185 Å². The summed E-state index contributed by atoms with van der Waals surface area (Å²) < 4.78 is 62.4. The molecule has 1 atom stereocenters. The number of benzene rings is 1. The molecule has 4 aromatic rings. The average Bonchev–Trinajstić information content (AvgIpc) is 3.30. The molecule has 4 rings (SSSR count). The molecule has 1 aromatic carbocycles. The molecule has 0 aliphatic carbocycles. The van der Waals surface area contributed by atoms with Crippen molar-refractivity contribution in [3.63, 3.8) is 0 Å². The van der Waals surface area contributed by atoms with Crippen LogP contribution in [0.2, 0.25) is 0 Å². The van der Waals surface area contributed by atoms with Crippen LogP contribution < -0.4 is 9.47 Å². The molecule has 0 aliphatic rings. The number of carbonyl (C=O) groups is 1. The molecule has 3 N–H and O–H groups in total. The second kappa shape index (κ2) is 8.31. The molecule has 0 amide bonds. The molecule has 174 valence electrons. The molecule has 0 bridgehead atoms. The van der Waals surface area contributed by atoms with E-state index in [1.807, 2.05) is 0 Å². The highest BCUT2D eigenvalue weighted by Crippen LogP contribution is 2.34. The Hall–Kier alpha value is -3.75. The first kappa shape index (κ1) is 22.4. The van der Waals surface area contributed by atoms with Crippen LogP contribution in [0.4, 0.5) is 4.39 Å². The van der Waals surface area contributed by atoms with Gasteiger partial charge in [-0.3, -0.25) is 4.55 Å². The fraction of sp³-hybridized carbons (Fsp3) is 0.211. The fourth-order valence-electron chi connectivity index (χ4n) is 3.21. The van der Waals surface area contributed by atoms with Crippen molar-refractivity contribution in [2.75, 3.05) is 6.61 Å². The van der Waals surface area contributed by atoms with Crippen LogP contribution in [0.5, 0.6) is 17.4 Å². The molecule has 0 saturated heterocycles. The zero-order valence-corrected chi connectivity index (χ0v) is 18.0. The van der Waals surface area contributed by atoms with Gasteiger partial charge < -0.3 is 19.6 Å². The number of hydrogen-bond donors (Lipinski definition) is 3. The lowest BCUT2D eigenvalue weighted by Gasteiger charge is -2.11. The molecule has 12 nitrogen and oxygen atoms in total. The van der Waals surface area contributed by atoms with Crippen LogP contribution in [-0.4, -0.2) is 56.3 Å². The summed E-state index contributed by atoms with van der Waals surface area (Å²) in [6, 6.07) is 3.98. The number of aromatic nitrogens is 4. The topological polar surface area (TPSA) is 165 Å². The molecule has 14 heteroatoms. The Kier molecular flexibility index (Phi) is 5.65. The molecule has 0 unspecified atom stereocenters. The number of aromatic amines is 1. The van der Waals surface area contributed by atoms with Gasteiger partial charge in [-0.1, -0.05) is 0 Å². The summed E-state index contributed by atoms with van der Waals surface area (Å²) in [4.78, 5) is 17.8. The van der Waals surface area contributed by atoms with Gasteiger partial charge in [-0.2, -0.15) is 18.5 Å². The number of carboxylic acid groups (broad SMARTS) is 1. The zero-order chi connectivity index (χ0) is 23.9. The van der Waals surface area contributed by atoms with Crippen LogP contribution >= 0.6 is 0 Å². The number of fused-ring (bicyclic) bond motifs is 2. The maximum absolute atomic E-state index is 15.0. The Morgan fingerprint density at radius 3 is 2.79 bits per heavy atom. The third-order valence-electron chi connectivity index (χ3n) is 4.65. The van der Waals surface area contributed by atoms with Gasteiger partial charge in [0.2, 0.25) is 5.88 Å². The Morgan fingerprint density at radius 2 is 2.09 bits per heavy atom. The molecule has 3 aromatic heterocycles. The van der Waals surface area contributed by atoms with E-state index < -0.39 is 28.3 Å². The fourth-order valence-corrected chi connectivity index (χ4v) is 3.69. The van der Waals surface area contributed by atoms with Crippen molar-refractivity contribution in [1.82, 2.24) is 19.6 Å². The summed E-state index contributed by atoms with van der Waals surface area (Å²) in [7, 11) is -4.62. The van der Waals surface area contributed by atoms with Gasteiger partial charge in [0.05, 0.1) is 6.20 Å². The van der Waals surface area contributed by atoms with Gasteiger partial charge in [-0.05, 0) is 32.0 Å². The highest BCUT2D eigenvalue weighted by molar-refractivity contribution is 7.80. The smallest absolute Gasteiger partial charge is 0.397 e. The van der Waals surface area contributed by atoms with Crippen molar-refractivity contribution in [1.29, 1.82) is 0 Å². The molecular formula is C19H17FN4O8S. The van der Waals surface area contributed by atoms with Crippen LogP contribution in [0.15, 0.2) is 30.7 Å². The van der Waals surface area contributed by atoms with Crippen molar-refractivity contribution in [2.24, 2.45) is 0 Å². The van der Waals surface area contributed by atoms with E-state index in [2.05, 4.69) is 19.2 Å². The number of aromatic carboxylic acids is 1. The number of carboxylic acids is 1. The predicted molar refractivity (Wildman–Crippen MR) is 111 cm³/mol. The molecule has 0 radical (unpaired) electrons. The molecular weight excluding hydrogens is 463 g/mol. The number of nitrogens with zero attached hydrogens (tertiary/aromatic N) is 3. The average molecular weight is 480 g/mol. The Morgan fingerprint density at radius 1 is 1.33 bits per heavy atom. The van der Waals surface area contributed by atoms with E-state index >= 15 is 0 Å². The van der Waals surface area contributed by atoms with Crippen LogP contribution in [-0.2, 0) is 14.6 Å². The minimum absolute atomic E-state index is 0.00632. The van der Waals surface area contributed by atoms with E-state index in [-0.39, 0.29) is 29.3 Å². The van der Waals surface area contributed by atoms with Crippen LogP contribution in [0, 0.1) is 12.7 Å². The lowest BCUT2D eigenvalue weighted by Crippen LogP contribution is -2.21. The van der Waals surface area contributed by atoms with E-state index in [1.165, 1.54) is 42.2 Å². The minimum Gasteiger partial charge on any atom is -0.489 e. The molecule has 0 saturated carbocycles. The van der Waals surface area contributed by atoms with Crippen LogP contribution in [0.1, 0.15) is 23.0 Å². The SMILES string of the molecule is Cc1c(OC[C@@H](C)OS(=O)(=O)O)cn2ncnc(Oc3ccc4[nH]c(C(=O)O)cc4c3F)c12. The van der Waals surface area contributed by atoms with Crippen molar-refractivity contribution in [2.45, 2.75) is 20.0 Å². The maximum atomic E-state index is 15.0. The molecule has 0 fully saturated rings. The van der Waals surface area contributed by atoms with Crippen LogP contribution in [0.25, 0.3) is 16.4 Å². The zero-order valence-electron chi connectivity index (χ0n) is 17.1. The highest BCUT2D eigenvalue weighted by atomic mass is 32.3. The van der Waals surface area contributed by atoms with Gasteiger partial charge in [0.15, 0.2) is 11.6 Å². The molecule has 0 spiro atoms. The number of H-pyrrole nitrogens is 1. The van der Waals surface area contributed by atoms with Crippen molar-refractivity contribution in [3.05, 3.63) is 47.8 Å².